The fraction of sp³-hybridized carbons (Fsp3) is 0.789. The summed E-state index contributed by atoms with van der Waals surface area (Å²) in [4.78, 5) is 9.36. The lowest BCUT2D eigenvalue weighted by Crippen LogP contribution is -2.48. The minimum atomic E-state index is 0.0642. The first-order valence-corrected chi connectivity index (χ1v) is 9.97. The highest BCUT2D eigenvalue weighted by Gasteiger charge is 2.25. The van der Waals surface area contributed by atoms with Crippen LogP contribution in [0.1, 0.15) is 37.9 Å². The van der Waals surface area contributed by atoms with E-state index in [2.05, 4.69) is 32.1 Å². The van der Waals surface area contributed by atoms with Gasteiger partial charge in [0.05, 0.1) is 19.3 Å². The van der Waals surface area contributed by atoms with Crippen molar-refractivity contribution >= 4 is 5.96 Å². The summed E-state index contributed by atoms with van der Waals surface area (Å²) in [6.45, 7) is 9.37. The number of aromatic nitrogens is 2. The first-order valence-electron chi connectivity index (χ1n) is 9.97. The lowest BCUT2D eigenvalue weighted by Gasteiger charge is -2.35. The fourth-order valence-corrected chi connectivity index (χ4v) is 3.96. The van der Waals surface area contributed by atoms with Gasteiger partial charge in [0.25, 0.3) is 0 Å². The predicted octanol–water partition coefficient (Wildman–Crippen LogP) is 1.49. The van der Waals surface area contributed by atoms with Crippen molar-refractivity contribution in [1.82, 2.24) is 24.9 Å². The number of aliphatic imine (C=N–C) groups is 1. The summed E-state index contributed by atoms with van der Waals surface area (Å²) in [6.07, 6.45) is 7.88. The number of nitrogens with zero attached hydrogens (tertiary/aromatic N) is 5. The molecule has 3 heterocycles. The molecule has 1 atom stereocenters. The molecule has 1 N–H and O–H groups in total. The van der Waals surface area contributed by atoms with Crippen LogP contribution in [0.4, 0.5) is 0 Å². The van der Waals surface area contributed by atoms with Gasteiger partial charge < -0.3 is 19.9 Å². The summed E-state index contributed by atoms with van der Waals surface area (Å²) in [5.74, 6) is 1.84. The van der Waals surface area contributed by atoms with E-state index in [0.29, 0.717) is 0 Å². The molecule has 3 rings (SSSR count). The minimum Gasteiger partial charge on any atom is -0.370 e. The molecule has 0 aliphatic carbocycles. The number of piperidine rings is 1. The van der Waals surface area contributed by atoms with Crippen molar-refractivity contribution in [2.45, 2.75) is 32.3 Å². The van der Waals surface area contributed by atoms with Crippen molar-refractivity contribution in [1.29, 1.82) is 0 Å². The standard InChI is InChI=1S/C19H34N6O/c1-4-24-9-6-16(7-10-24)5-8-21-19(20-2)25-11-12-26-18(15-25)17-13-22-23(3)14-17/h13-14,16,18H,4-12,15H2,1-3H3,(H,20,21). The Balaban J connectivity index is 1.45. The third kappa shape index (κ3) is 4.98. The topological polar surface area (TPSA) is 57.9 Å². The number of rotatable bonds is 5. The van der Waals surface area contributed by atoms with E-state index in [-0.39, 0.29) is 6.10 Å². The summed E-state index contributed by atoms with van der Waals surface area (Å²) in [6, 6.07) is 0. The summed E-state index contributed by atoms with van der Waals surface area (Å²) >= 11 is 0. The number of aryl methyl sites for hydroxylation is 1. The van der Waals surface area contributed by atoms with Gasteiger partial charge in [-0.05, 0) is 44.8 Å². The van der Waals surface area contributed by atoms with Gasteiger partial charge in [0.15, 0.2) is 5.96 Å². The van der Waals surface area contributed by atoms with Crippen molar-refractivity contribution in [2.75, 3.05) is 52.9 Å². The second-order valence-corrected chi connectivity index (χ2v) is 7.39. The third-order valence-electron chi connectivity index (χ3n) is 5.66. The molecule has 26 heavy (non-hydrogen) atoms. The monoisotopic (exact) mass is 362 g/mol. The van der Waals surface area contributed by atoms with Gasteiger partial charge in [0.1, 0.15) is 6.10 Å². The SMILES string of the molecule is CCN1CCC(CCNC(=NC)N2CCOC(c3cnn(C)c3)C2)CC1. The number of hydrogen-bond donors (Lipinski definition) is 1. The molecule has 2 aliphatic heterocycles. The number of guanidine groups is 1. The van der Waals surface area contributed by atoms with Crippen LogP contribution in [-0.2, 0) is 11.8 Å². The second-order valence-electron chi connectivity index (χ2n) is 7.39. The van der Waals surface area contributed by atoms with Crippen LogP contribution in [0.5, 0.6) is 0 Å². The molecule has 1 unspecified atom stereocenters. The zero-order valence-corrected chi connectivity index (χ0v) is 16.5. The lowest BCUT2D eigenvalue weighted by atomic mass is 9.93. The highest BCUT2D eigenvalue weighted by molar-refractivity contribution is 5.80. The minimum absolute atomic E-state index is 0.0642. The molecule has 0 spiro atoms. The molecule has 0 amide bonds. The van der Waals surface area contributed by atoms with E-state index < -0.39 is 0 Å². The summed E-state index contributed by atoms with van der Waals surface area (Å²) in [5.41, 5.74) is 1.13. The van der Waals surface area contributed by atoms with E-state index in [1.807, 2.05) is 31.2 Å². The maximum atomic E-state index is 5.94. The number of morpholine rings is 1. The van der Waals surface area contributed by atoms with E-state index in [4.69, 9.17) is 4.74 Å². The zero-order valence-electron chi connectivity index (χ0n) is 16.5. The number of nitrogens with one attached hydrogen (secondary N) is 1. The quantitative estimate of drug-likeness (QED) is 0.635. The smallest absolute Gasteiger partial charge is 0.193 e. The van der Waals surface area contributed by atoms with Crippen LogP contribution < -0.4 is 5.32 Å². The first-order chi connectivity index (χ1) is 12.7. The van der Waals surface area contributed by atoms with Gasteiger partial charge in [0, 0.05) is 38.9 Å². The highest BCUT2D eigenvalue weighted by Crippen LogP contribution is 2.22. The fourth-order valence-electron chi connectivity index (χ4n) is 3.96. The molecule has 0 bridgehead atoms. The van der Waals surface area contributed by atoms with Crippen LogP contribution in [0.25, 0.3) is 0 Å². The summed E-state index contributed by atoms with van der Waals surface area (Å²) in [7, 11) is 3.81. The maximum absolute atomic E-state index is 5.94. The van der Waals surface area contributed by atoms with Crippen molar-refractivity contribution in [3.8, 4) is 0 Å². The number of likely N-dealkylation sites (tertiary alicyclic amines) is 1. The Morgan fingerprint density at radius 2 is 2.15 bits per heavy atom. The van der Waals surface area contributed by atoms with Gasteiger partial charge >= 0.3 is 0 Å². The van der Waals surface area contributed by atoms with E-state index >= 15 is 0 Å². The molecule has 1 aromatic heterocycles. The van der Waals surface area contributed by atoms with E-state index in [1.165, 1.54) is 38.9 Å². The molecule has 7 heteroatoms. The molecule has 2 fully saturated rings. The van der Waals surface area contributed by atoms with Crippen LogP contribution in [0, 0.1) is 5.92 Å². The number of ether oxygens (including phenoxy) is 1. The normalized spacial score (nSPS) is 23.4. The number of hydrogen-bond acceptors (Lipinski definition) is 4. The van der Waals surface area contributed by atoms with Crippen LogP contribution in [0.3, 0.4) is 0 Å². The van der Waals surface area contributed by atoms with Crippen molar-refractivity contribution in [3.63, 3.8) is 0 Å². The Morgan fingerprint density at radius 3 is 2.81 bits per heavy atom. The third-order valence-corrected chi connectivity index (χ3v) is 5.66. The molecule has 1 aromatic rings. The Morgan fingerprint density at radius 1 is 1.35 bits per heavy atom. The van der Waals surface area contributed by atoms with E-state index in [1.54, 1.807) is 0 Å². The van der Waals surface area contributed by atoms with Crippen LogP contribution in [0.2, 0.25) is 0 Å². The Kier molecular flexibility index (Phi) is 6.91. The van der Waals surface area contributed by atoms with Crippen LogP contribution in [0.15, 0.2) is 17.4 Å². The molecule has 2 aliphatic rings. The average molecular weight is 363 g/mol. The van der Waals surface area contributed by atoms with Gasteiger partial charge in [-0.3, -0.25) is 9.67 Å². The van der Waals surface area contributed by atoms with Gasteiger partial charge in [-0.15, -0.1) is 0 Å². The van der Waals surface area contributed by atoms with Gasteiger partial charge in [0.2, 0.25) is 0 Å². The Hall–Kier alpha value is -1.60. The van der Waals surface area contributed by atoms with Crippen molar-refractivity contribution in [2.24, 2.45) is 18.0 Å². The molecule has 0 saturated carbocycles. The molecule has 0 radical (unpaired) electrons. The summed E-state index contributed by atoms with van der Waals surface area (Å²) < 4.78 is 7.77. The summed E-state index contributed by atoms with van der Waals surface area (Å²) in [5, 5.41) is 7.84. The highest BCUT2D eigenvalue weighted by atomic mass is 16.5. The van der Waals surface area contributed by atoms with E-state index in [9.17, 15) is 0 Å². The van der Waals surface area contributed by atoms with Crippen molar-refractivity contribution < 1.29 is 4.74 Å². The molecule has 146 valence electrons. The maximum Gasteiger partial charge on any atom is 0.193 e. The second kappa shape index (κ2) is 9.37. The van der Waals surface area contributed by atoms with Gasteiger partial charge in [-0.25, -0.2) is 0 Å². The van der Waals surface area contributed by atoms with Crippen LogP contribution in [-0.4, -0.2) is 78.5 Å². The van der Waals surface area contributed by atoms with Crippen molar-refractivity contribution in [3.05, 3.63) is 18.0 Å². The Bertz CT molecular complexity index is 578. The molecular weight excluding hydrogens is 328 g/mol. The van der Waals surface area contributed by atoms with E-state index in [0.717, 1.165) is 43.7 Å². The van der Waals surface area contributed by atoms with Gasteiger partial charge in [-0.1, -0.05) is 6.92 Å². The first kappa shape index (κ1) is 19.2. The average Bonchev–Trinajstić information content (AvgIpc) is 3.12. The largest absolute Gasteiger partial charge is 0.370 e. The predicted molar refractivity (Wildman–Crippen MR) is 104 cm³/mol. The zero-order chi connectivity index (χ0) is 18.4. The lowest BCUT2D eigenvalue weighted by molar-refractivity contribution is -0.00804. The van der Waals surface area contributed by atoms with Gasteiger partial charge in [-0.2, -0.15) is 5.10 Å². The Labute approximate surface area is 157 Å². The molecule has 2 saturated heterocycles. The van der Waals surface area contributed by atoms with Crippen LogP contribution >= 0.6 is 0 Å². The molecule has 0 aromatic carbocycles. The molecule has 7 nitrogen and oxygen atoms in total. The molecular formula is C19H34N6O.